The van der Waals surface area contributed by atoms with E-state index < -0.39 is 17.7 Å². The summed E-state index contributed by atoms with van der Waals surface area (Å²) < 4.78 is 31.3. The minimum Gasteiger partial charge on any atom is -0.496 e. The zero-order chi connectivity index (χ0) is 13.1. The maximum absolute atomic E-state index is 13.2. The summed E-state index contributed by atoms with van der Waals surface area (Å²) in [6.07, 6.45) is -1.13. The van der Waals surface area contributed by atoms with Crippen molar-refractivity contribution in [2.75, 3.05) is 7.11 Å². The Balaban J connectivity index is 2.44. The summed E-state index contributed by atoms with van der Waals surface area (Å²) in [5, 5.41) is 10.1. The third-order valence-electron chi connectivity index (χ3n) is 2.65. The van der Waals surface area contributed by atoms with Gasteiger partial charge in [0.25, 0.3) is 0 Å². The maximum atomic E-state index is 13.2. The number of rotatable bonds is 3. The molecule has 18 heavy (non-hydrogen) atoms. The molecule has 0 saturated heterocycles. The van der Waals surface area contributed by atoms with Crippen molar-refractivity contribution in [1.29, 1.82) is 0 Å². The van der Waals surface area contributed by atoms with Crippen LogP contribution in [0.15, 0.2) is 42.5 Å². The van der Waals surface area contributed by atoms with Gasteiger partial charge in [0.15, 0.2) is 0 Å². The van der Waals surface area contributed by atoms with E-state index >= 15 is 0 Å². The highest BCUT2D eigenvalue weighted by Crippen LogP contribution is 2.30. The van der Waals surface area contributed by atoms with Gasteiger partial charge in [-0.1, -0.05) is 12.1 Å². The molecule has 0 radical (unpaired) electrons. The van der Waals surface area contributed by atoms with Crippen molar-refractivity contribution in [3.8, 4) is 5.75 Å². The smallest absolute Gasteiger partial charge is 0.125 e. The Bertz CT molecular complexity index is 555. The van der Waals surface area contributed by atoms with E-state index in [9.17, 15) is 13.9 Å². The second-order valence-corrected chi connectivity index (χ2v) is 3.84. The molecule has 0 aliphatic heterocycles. The molecule has 1 atom stereocenters. The van der Waals surface area contributed by atoms with Crippen LogP contribution in [0.3, 0.4) is 0 Å². The Morgan fingerprint density at radius 3 is 2.44 bits per heavy atom. The van der Waals surface area contributed by atoms with Crippen molar-refractivity contribution in [2.45, 2.75) is 6.10 Å². The third-order valence-corrected chi connectivity index (χ3v) is 2.65. The lowest BCUT2D eigenvalue weighted by molar-refractivity contribution is 0.213. The van der Waals surface area contributed by atoms with Crippen LogP contribution in [0, 0.1) is 11.6 Å². The van der Waals surface area contributed by atoms with Gasteiger partial charge in [0.2, 0.25) is 0 Å². The van der Waals surface area contributed by atoms with Crippen molar-refractivity contribution in [3.05, 3.63) is 65.2 Å². The van der Waals surface area contributed by atoms with E-state index in [0.29, 0.717) is 11.3 Å². The zero-order valence-corrected chi connectivity index (χ0v) is 9.73. The Hall–Kier alpha value is -1.94. The van der Waals surface area contributed by atoms with Crippen LogP contribution in [0.25, 0.3) is 0 Å². The topological polar surface area (TPSA) is 29.5 Å². The largest absolute Gasteiger partial charge is 0.496 e. The van der Waals surface area contributed by atoms with Gasteiger partial charge in [0, 0.05) is 5.56 Å². The Kier molecular flexibility index (Phi) is 3.58. The first-order valence-electron chi connectivity index (χ1n) is 5.39. The molecule has 2 rings (SSSR count). The van der Waals surface area contributed by atoms with Gasteiger partial charge >= 0.3 is 0 Å². The lowest BCUT2D eigenvalue weighted by Crippen LogP contribution is -2.03. The van der Waals surface area contributed by atoms with E-state index in [-0.39, 0.29) is 5.56 Å². The molecule has 2 nitrogen and oxygen atoms in total. The van der Waals surface area contributed by atoms with Crippen LogP contribution in [0.5, 0.6) is 5.75 Å². The van der Waals surface area contributed by atoms with Gasteiger partial charge in [0.05, 0.1) is 7.11 Å². The minimum atomic E-state index is -1.13. The fourth-order valence-corrected chi connectivity index (χ4v) is 1.78. The van der Waals surface area contributed by atoms with Crippen molar-refractivity contribution >= 4 is 0 Å². The minimum absolute atomic E-state index is 0.267. The molecule has 0 aliphatic rings. The summed E-state index contributed by atoms with van der Waals surface area (Å²) in [6, 6.07) is 9.37. The fourth-order valence-electron chi connectivity index (χ4n) is 1.78. The SMILES string of the molecule is COc1ccc(F)cc1C(O)c1cccc(F)c1. The number of halogens is 2. The Morgan fingerprint density at radius 1 is 1.06 bits per heavy atom. The number of benzene rings is 2. The number of hydrogen-bond donors (Lipinski definition) is 1. The quantitative estimate of drug-likeness (QED) is 0.907. The van der Waals surface area contributed by atoms with E-state index in [1.807, 2.05) is 0 Å². The van der Waals surface area contributed by atoms with E-state index in [0.717, 1.165) is 0 Å². The van der Waals surface area contributed by atoms with Crippen LogP contribution in [-0.2, 0) is 0 Å². The summed E-state index contributed by atoms with van der Waals surface area (Å²) in [6.45, 7) is 0. The summed E-state index contributed by atoms with van der Waals surface area (Å²) in [5.74, 6) is -0.587. The lowest BCUT2D eigenvalue weighted by Gasteiger charge is -2.15. The number of ether oxygens (including phenoxy) is 1. The summed E-state index contributed by atoms with van der Waals surface area (Å²) in [4.78, 5) is 0. The van der Waals surface area contributed by atoms with Gasteiger partial charge in [-0.15, -0.1) is 0 Å². The molecule has 0 aliphatic carbocycles. The number of methoxy groups -OCH3 is 1. The molecule has 1 N–H and O–H groups in total. The van der Waals surface area contributed by atoms with Crippen molar-refractivity contribution in [2.24, 2.45) is 0 Å². The summed E-state index contributed by atoms with van der Waals surface area (Å²) >= 11 is 0. The van der Waals surface area contributed by atoms with Crippen LogP contribution < -0.4 is 4.74 Å². The van der Waals surface area contributed by atoms with Gasteiger partial charge < -0.3 is 9.84 Å². The molecule has 2 aromatic carbocycles. The molecule has 0 bridgehead atoms. The zero-order valence-electron chi connectivity index (χ0n) is 9.73. The number of aliphatic hydroxyl groups excluding tert-OH is 1. The van der Waals surface area contributed by atoms with Crippen molar-refractivity contribution in [3.63, 3.8) is 0 Å². The van der Waals surface area contributed by atoms with Gasteiger partial charge in [0.1, 0.15) is 23.5 Å². The molecule has 4 heteroatoms. The molecule has 0 amide bonds. The molecule has 0 heterocycles. The lowest BCUT2D eigenvalue weighted by atomic mass is 10.0. The maximum Gasteiger partial charge on any atom is 0.125 e. The van der Waals surface area contributed by atoms with Gasteiger partial charge in [-0.05, 0) is 35.9 Å². The first kappa shape index (κ1) is 12.5. The van der Waals surface area contributed by atoms with Crippen molar-refractivity contribution in [1.82, 2.24) is 0 Å². The van der Waals surface area contributed by atoms with Crippen LogP contribution in [0.4, 0.5) is 8.78 Å². The van der Waals surface area contributed by atoms with Crippen LogP contribution in [0.1, 0.15) is 17.2 Å². The second kappa shape index (κ2) is 5.14. The highest BCUT2D eigenvalue weighted by molar-refractivity contribution is 5.40. The van der Waals surface area contributed by atoms with Crippen LogP contribution in [0.2, 0.25) is 0 Å². The Labute approximate surface area is 103 Å². The highest BCUT2D eigenvalue weighted by atomic mass is 19.1. The molecule has 2 aromatic rings. The van der Waals surface area contributed by atoms with Gasteiger partial charge in [-0.25, -0.2) is 8.78 Å². The molecular formula is C14H12F2O2. The normalized spacial score (nSPS) is 12.2. The summed E-state index contributed by atoms with van der Waals surface area (Å²) in [7, 11) is 1.43. The van der Waals surface area contributed by atoms with E-state index in [1.54, 1.807) is 6.07 Å². The second-order valence-electron chi connectivity index (χ2n) is 3.84. The van der Waals surface area contributed by atoms with Gasteiger partial charge in [-0.2, -0.15) is 0 Å². The van der Waals surface area contributed by atoms with Crippen molar-refractivity contribution < 1.29 is 18.6 Å². The monoisotopic (exact) mass is 250 g/mol. The standard InChI is InChI=1S/C14H12F2O2/c1-18-13-6-5-11(16)8-12(13)14(17)9-3-2-4-10(15)7-9/h2-8,14,17H,1H3. The molecule has 0 aromatic heterocycles. The number of hydrogen-bond acceptors (Lipinski definition) is 2. The summed E-state index contributed by atoms with van der Waals surface area (Å²) in [5.41, 5.74) is 0.613. The fraction of sp³-hybridized carbons (Fsp3) is 0.143. The molecule has 0 spiro atoms. The van der Waals surface area contributed by atoms with E-state index in [4.69, 9.17) is 4.74 Å². The average Bonchev–Trinajstić information content (AvgIpc) is 2.38. The number of aliphatic hydroxyl groups is 1. The first-order valence-corrected chi connectivity index (χ1v) is 5.39. The first-order chi connectivity index (χ1) is 8.61. The average molecular weight is 250 g/mol. The molecule has 0 fully saturated rings. The highest BCUT2D eigenvalue weighted by Gasteiger charge is 2.16. The molecule has 94 valence electrons. The Morgan fingerprint density at radius 2 is 1.78 bits per heavy atom. The molecule has 0 saturated carbocycles. The molecule has 1 unspecified atom stereocenters. The van der Waals surface area contributed by atoms with E-state index in [1.165, 1.54) is 43.5 Å². The van der Waals surface area contributed by atoms with Crippen LogP contribution >= 0.6 is 0 Å². The third kappa shape index (κ3) is 2.49. The predicted octanol–water partition coefficient (Wildman–Crippen LogP) is 3.06. The molecular weight excluding hydrogens is 238 g/mol. The predicted molar refractivity (Wildman–Crippen MR) is 63.4 cm³/mol. The van der Waals surface area contributed by atoms with E-state index in [2.05, 4.69) is 0 Å². The van der Waals surface area contributed by atoms with Gasteiger partial charge in [-0.3, -0.25) is 0 Å². The van der Waals surface area contributed by atoms with Crippen LogP contribution in [-0.4, -0.2) is 12.2 Å².